The van der Waals surface area contributed by atoms with Gasteiger partial charge in [0, 0.05) is 23.6 Å². The molecule has 0 aliphatic heterocycles. The maximum Gasteiger partial charge on any atom is 0.131 e. The zero-order valence-corrected chi connectivity index (χ0v) is 6.42. The smallest absolute Gasteiger partial charge is 0.131 e. The fourth-order valence-corrected chi connectivity index (χ4v) is 0.911. The van der Waals surface area contributed by atoms with Crippen LogP contribution in [0, 0.1) is 11.2 Å². The fourth-order valence-electron chi connectivity index (χ4n) is 0.911. The Balaban J connectivity index is 3.18. The molecule has 0 atom stereocenters. The Morgan fingerprint density at radius 1 is 1.42 bits per heavy atom. The van der Waals surface area contributed by atoms with Gasteiger partial charge in [0.25, 0.3) is 0 Å². The predicted molar refractivity (Wildman–Crippen MR) is 47.3 cm³/mol. The fraction of sp³-hybridized carbons (Fsp3) is 0. The minimum atomic E-state index is -0.363. The van der Waals surface area contributed by atoms with Crippen molar-refractivity contribution in [2.75, 3.05) is 0 Å². The summed E-state index contributed by atoms with van der Waals surface area (Å²) in [5.74, 6) is -0.363. The summed E-state index contributed by atoms with van der Waals surface area (Å²) in [6, 6.07) is 6.21. The lowest BCUT2D eigenvalue weighted by Crippen LogP contribution is -1.93. The van der Waals surface area contributed by atoms with Gasteiger partial charge in [0.05, 0.1) is 0 Å². The quantitative estimate of drug-likeness (QED) is 0.643. The second kappa shape index (κ2) is 3.67. The van der Waals surface area contributed by atoms with Crippen molar-refractivity contribution < 1.29 is 4.39 Å². The molecule has 1 rings (SSSR count). The third kappa shape index (κ3) is 1.50. The molecule has 0 amide bonds. The summed E-state index contributed by atoms with van der Waals surface area (Å²) < 4.78 is 13.0. The van der Waals surface area contributed by atoms with E-state index in [1.165, 1.54) is 12.3 Å². The molecule has 0 aliphatic carbocycles. The number of benzene rings is 1. The van der Waals surface area contributed by atoms with Crippen LogP contribution in [-0.4, -0.2) is 6.21 Å². The number of hydrogen-bond acceptors (Lipinski definition) is 2. The molecule has 62 valence electrons. The Morgan fingerprint density at radius 2 is 2.08 bits per heavy atom. The van der Waals surface area contributed by atoms with Crippen LogP contribution in [0.5, 0.6) is 0 Å². The van der Waals surface area contributed by atoms with E-state index in [2.05, 4.69) is 0 Å². The van der Waals surface area contributed by atoms with Gasteiger partial charge in [0.1, 0.15) is 5.82 Å². The maximum absolute atomic E-state index is 13.0. The zero-order chi connectivity index (χ0) is 8.97. The summed E-state index contributed by atoms with van der Waals surface area (Å²) in [5, 5.41) is 6.95. The summed E-state index contributed by atoms with van der Waals surface area (Å²) in [7, 11) is 0. The lowest BCUT2D eigenvalue weighted by molar-refractivity contribution is 0.624. The van der Waals surface area contributed by atoms with E-state index >= 15 is 0 Å². The SMILES string of the molecule is N=CC(=CN)c1ccccc1F. The third-order valence-corrected chi connectivity index (χ3v) is 1.52. The molecule has 0 radical (unpaired) electrons. The molecule has 0 spiro atoms. The van der Waals surface area contributed by atoms with E-state index in [9.17, 15) is 4.39 Å². The van der Waals surface area contributed by atoms with Crippen molar-refractivity contribution >= 4 is 11.8 Å². The molecular weight excluding hydrogens is 155 g/mol. The standard InChI is InChI=1S/C9H9FN2/c10-9-4-2-1-3-8(9)7(5-11)6-12/h1-6,11H,12H2. The Labute approximate surface area is 70.0 Å². The van der Waals surface area contributed by atoms with Crippen LogP contribution < -0.4 is 5.73 Å². The molecule has 1 aromatic rings. The van der Waals surface area contributed by atoms with Gasteiger partial charge < -0.3 is 11.1 Å². The van der Waals surface area contributed by atoms with Gasteiger partial charge in [0.15, 0.2) is 0 Å². The highest BCUT2D eigenvalue weighted by Gasteiger charge is 2.02. The van der Waals surface area contributed by atoms with Crippen LogP contribution in [0.3, 0.4) is 0 Å². The molecule has 3 N–H and O–H groups in total. The molecule has 2 nitrogen and oxygen atoms in total. The molecule has 0 aromatic heterocycles. The average Bonchev–Trinajstić information content (AvgIpc) is 2.10. The maximum atomic E-state index is 13.0. The van der Waals surface area contributed by atoms with Crippen LogP contribution in [0.2, 0.25) is 0 Å². The minimum absolute atomic E-state index is 0.356. The monoisotopic (exact) mass is 164 g/mol. The van der Waals surface area contributed by atoms with Crippen molar-refractivity contribution in [3.63, 3.8) is 0 Å². The summed E-state index contributed by atoms with van der Waals surface area (Å²) in [5.41, 5.74) is 5.94. The second-order valence-electron chi connectivity index (χ2n) is 2.25. The highest BCUT2D eigenvalue weighted by Crippen LogP contribution is 2.14. The van der Waals surface area contributed by atoms with E-state index in [0.717, 1.165) is 6.21 Å². The van der Waals surface area contributed by atoms with Gasteiger partial charge >= 0.3 is 0 Å². The Hall–Kier alpha value is -1.64. The number of halogens is 1. The Morgan fingerprint density at radius 3 is 2.58 bits per heavy atom. The lowest BCUT2D eigenvalue weighted by atomic mass is 10.1. The summed E-state index contributed by atoms with van der Waals surface area (Å²) in [6.07, 6.45) is 2.24. The van der Waals surface area contributed by atoms with E-state index in [4.69, 9.17) is 11.1 Å². The van der Waals surface area contributed by atoms with Crippen LogP contribution in [0.25, 0.3) is 5.57 Å². The average molecular weight is 164 g/mol. The van der Waals surface area contributed by atoms with E-state index in [1.54, 1.807) is 18.2 Å². The summed E-state index contributed by atoms with van der Waals surface area (Å²) in [4.78, 5) is 0. The minimum Gasteiger partial charge on any atom is -0.404 e. The van der Waals surface area contributed by atoms with Gasteiger partial charge in [-0.3, -0.25) is 0 Å². The topological polar surface area (TPSA) is 49.9 Å². The molecule has 3 heteroatoms. The zero-order valence-electron chi connectivity index (χ0n) is 6.42. The first-order valence-electron chi connectivity index (χ1n) is 3.47. The largest absolute Gasteiger partial charge is 0.404 e. The molecule has 0 heterocycles. The number of allylic oxidation sites excluding steroid dienone is 1. The Kier molecular flexibility index (Phi) is 2.58. The predicted octanol–water partition coefficient (Wildman–Crippen LogP) is 1.77. The van der Waals surface area contributed by atoms with Gasteiger partial charge in [-0.2, -0.15) is 0 Å². The van der Waals surface area contributed by atoms with E-state index < -0.39 is 0 Å². The van der Waals surface area contributed by atoms with E-state index in [1.807, 2.05) is 0 Å². The molecule has 12 heavy (non-hydrogen) atoms. The van der Waals surface area contributed by atoms with Crippen molar-refractivity contribution in [2.24, 2.45) is 5.73 Å². The second-order valence-corrected chi connectivity index (χ2v) is 2.25. The van der Waals surface area contributed by atoms with E-state index in [0.29, 0.717) is 11.1 Å². The van der Waals surface area contributed by atoms with Gasteiger partial charge in [0.2, 0.25) is 0 Å². The molecule has 0 aliphatic rings. The third-order valence-electron chi connectivity index (χ3n) is 1.52. The summed E-state index contributed by atoms with van der Waals surface area (Å²) in [6.45, 7) is 0. The molecular formula is C9H9FN2. The number of rotatable bonds is 2. The normalized spacial score (nSPS) is 11.2. The number of hydrogen-bond donors (Lipinski definition) is 2. The van der Waals surface area contributed by atoms with Crippen molar-refractivity contribution in [3.05, 3.63) is 41.8 Å². The van der Waals surface area contributed by atoms with Crippen LogP contribution in [0.4, 0.5) is 4.39 Å². The molecule has 0 unspecified atom stereocenters. The molecule has 1 aromatic carbocycles. The van der Waals surface area contributed by atoms with Crippen LogP contribution in [-0.2, 0) is 0 Å². The van der Waals surface area contributed by atoms with Gasteiger partial charge in [-0.05, 0) is 6.07 Å². The van der Waals surface area contributed by atoms with Crippen LogP contribution in [0.1, 0.15) is 5.56 Å². The van der Waals surface area contributed by atoms with E-state index in [-0.39, 0.29) is 5.82 Å². The van der Waals surface area contributed by atoms with Crippen molar-refractivity contribution in [1.29, 1.82) is 5.41 Å². The lowest BCUT2D eigenvalue weighted by Gasteiger charge is -2.00. The van der Waals surface area contributed by atoms with Crippen molar-refractivity contribution in [2.45, 2.75) is 0 Å². The highest BCUT2D eigenvalue weighted by atomic mass is 19.1. The Bertz CT molecular complexity index is 318. The summed E-state index contributed by atoms with van der Waals surface area (Å²) >= 11 is 0. The first-order chi connectivity index (χ1) is 5.79. The first-order valence-corrected chi connectivity index (χ1v) is 3.47. The number of nitrogens with one attached hydrogen (secondary N) is 1. The molecule has 0 bridgehead atoms. The van der Waals surface area contributed by atoms with Gasteiger partial charge in [-0.25, -0.2) is 4.39 Å². The first kappa shape index (κ1) is 8.46. The van der Waals surface area contributed by atoms with Gasteiger partial charge in [-0.15, -0.1) is 0 Å². The van der Waals surface area contributed by atoms with Gasteiger partial charge in [-0.1, -0.05) is 18.2 Å². The molecule has 0 fully saturated rings. The van der Waals surface area contributed by atoms with Crippen LogP contribution >= 0.6 is 0 Å². The molecule has 0 saturated heterocycles. The highest BCUT2D eigenvalue weighted by molar-refractivity contribution is 6.08. The molecule has 0 saturated carbocycles. The van der Waals surface area contributed by atoms with Crippen LogP contribution in [0.15, 0.2) is 30.5 Å². The van der Waals surface area contributed by atoms with Crippen molar-refractivity contribution in [1.82, 2.24) is 0 Å². The van der Waals surface area contributed by atoms with Crippen molar-refractivity contribution in [3.8, 4) is 0 Å². The number of nitrogens with two attached hydrogens (primary N) is 1.